The molecule has 2 N–H and O–H groups in total. The van der Waals surface area contributed by atoms with Crippen LogP contribution in [-0.4, -0.2) is 18.3 Å². The van der Waals surface area contributed by atoms with Gasteiger partial charge in [-0.05, 0) is 29.9 Å². The summed E-state index contributed by atoms with van der Waals surface area (Å²) in [5.41, 5.74) is 1.46. The molecule has 1 rings (SSSR count). The molecule has 0 fully saturated rings. The van der Waals surface area contributed by atoms with E-state index in [0.29, 0.717) is 0 Å². The van der Waals surface area contributed by atoms with Crippen molar-refractivity contribution in [2.45, 2.75) is 40.2 Å². The smallest absolute Gasteiger partial charge is 0.0496 e. The molecule has 2 nitrogen and oxygen atoms in total. The number of hydrogen-bond donors (Lipinski definition) is 2. The molecule has 0 saturated carbocycles. The van der Waals surface area contributed by atoms with Gasteiger partial charge >= 0.3 is 0 Å². The molecule has 92 valence electrons. The van der Waals surface area contributed by atoms with Crippen LogP contribution in [0.25, 0.3) is 0 Å². The molecule has 1 aromatic heterocycles. The zero-order chi connectivity index (χ0) is 12.0. The van der Waals surface area contributed by atoms with Crippen molar-refractivity contribution in [1.82, 2.24) is 5.32 Å². The van der Waals surface area contributed by atoms with Crippen LogP contribution in [0.15, 0.2) is 11.4 Å². The maximum Gasteiger partial charge on any atom is 0.0496 e. The molecule has 0 amide bonds. The lowest BCUT2D eigenvalue weighted by Crippen LogP contribution is -2.34. The fourth-order valence-corrected chi connectivity index (χ4v) is 2.55. The van der Waals surface area contributed by atoms with E-state index in [1.54, 1.807) is 0 Å². The van der Waals surface area contributed by atoms with Crippen LogP contribution in [0.4, 0.5) is 0 Å². The summed E-state index contributed by atoms with van der Waals surface area (Å²) in [7, 11) is 0. The minimum Gasteiger partial charge on any atom is -0.396 e. The van der Waals surface area contributed by atoms with Crippen LogP contribution in [0.2, 0.25) is 0 Å². The third kappa shape index (κ3) is 3.58. The summed E-state index contributed by atoms with van der Waals surface area (Å²) in [5.74, 6) is 0. The molecule has 0 aliphatic rings. The fourth-order valence-electron chi connectivity index (χ4n) is 1.61. The van der Waals surface area contributed by atoms with Crippen LogP contribution < -0.4 is 5.32 Å². The second-order valence-electron chi connectivity index (χ2n) is 4.65. The van der Waals surface area contributed by atoms with Gasteiger partial charge in [-0.2, -0.15) is 0 Å². The largest absolute Gasteiger partial charge is 0.396 e. The van der Waals surface area contributed by atoms with E-state index in [4.69, 9.17) is 0 Å². The summed E-state index contributed by atoms with van der Waals surface area (Å²) in [5, 5.41) is 14.9. The highest BCUT2D eigenvalue weighted by Crippen LogP contribution is 2.20. The number of rotatable bonds is 7. The summed E-state index contributed by atoms with van der Waals surface area (Å²) in [6.45, 7) is 8.49. The normalized spacial score (nSPS) is 15.0. The van der Waals surface area contributed by atoms with E-state index in [9.17, 15) is 5.11 Å². The summed E-state index contributed by atoms with van der Waals surface area (Å²) < 4.78 is 0. The molecule has 0 spiro atoms. The molecule has 0 saturated heterocycles. The quantitative estimate of drug-likeness (QED) is 0.769. The molecule has 1 heterocycles. The maximum absolute atomic E-state index is 9.31. The number of thiophene rings is 1. The molecule has 3 heteroatoms. The zero-order valence-corrected chi connectivity index (χ0v) is 11.4. The summed E-state index contributed by atoms with van der Waals surface area (Å²) in [6.07, 6.45) is 2.10. The second-order valence-corrected chi connectivity index (χ2v) is 5.65. The average Bonchev–Trinajstić information content (AvgIpc) is 2.76. The molecule has 1 aromatic rings. The Morgan fingerprint density at radius 1 is 1.44 bits per heavy atom. The van der Waals surface area contributed by atoms with Gasteiger partial charge in [-0.25, -0.2) is 0 Å². The first-order valence-corrected chi connectivity index (χ1v) is 6.90. The van der Waals surface area contributed by atoms with Gasteiger partial charge in [-0.3, -0.25) is 0 Å². The highest BCUT2D eigenvalue weighted by molar-refractivity contribution is 7.10. The zero-order valence-electron chi connectivity index (χ0n) is 10.5. The van der Waals surface area contributed by atoms with Gasteiger partial charge in [-0.15, -0.1) is 11.3 Å². The van der Waals surface area contributed by atoms with Crippen molar-refractivity contribution in [3.8, 4) is 0 Å². The summed E-state index contributed by atoms with van der Waals surface area (Å²) in [6, 6.07) is 2.20. The number of hydrogen-bond acceptors (Lipinski definition) is 3. The van der Waals surface area contributed by atoms with Crippen LogP contribution in [0.1, 0.15) is 37.6 Å². The molecule has 16 heavy (non-hydrogen) atoms. The first-order chi connectivity index (χ1) is 7.65. The van der Waals surface area contributed by atoms with Gasteiger partial charge in [0.2, 0.25) is 0 Å². The molecule has 0 bridgehead atoms. The highest BCUT2D eigenvalue weighted by atomic mass is 32.1. The van der Waals surface area contributed by atoms with E-state index in [-0.39, 0.29) is 12.0 Å². The number of aliphatic hydroxyl groups is 1. The van der Waals surface area contributed by atoms with Crippen LogP contribution in [0, 0.1) is 5.41 Å². The van der Waals surface area contributed by atoms with Crippen LogP contribution in [0.5, 0.6) is 0 Å². The summed E-state index contributed by atoms with van der Waals surface area (Å²) >= 11 is 1.81. The Labute approximate surface area is 103 Å². The lowest BCUT2D eigenvalue weighted by atomic mass is 9.89. The van der Waals surface area contributed by atoms with Gasteiger partial charge in [0.1, 0.15) is 0 Å². The van der Waals surface area contributed by atoms with Crippen molar-refractivity contribution < 1.29 is 5.11 Å². The molecule has 0 aliphatic heterocycles. The third-order valence-corrected chi connectivity index (χ3v) is 4.25. The minimum atomic E-state index is 0.0175. The number of aryl methyl sites for hydroxylation is 1. The SMILES string of the molecule is CCc1ccsc1CNCC(C)(CC)CO. The topological polar surface area (TPSA) is 32.3 Å². The van der Waals surface area contributed by atoms with Crippen molar-refractivity contribution >= 4 is 11.3 Å². The summed E-state index contributed by atoms with van der Waals surface area (Å²) in [4.78, 5) is 1.43. The van der Waals surface area contributed by atoms with Crippen molar-refractivity contribution in [3.05, 3.63) is 21.9 Å². The molecular formula is C13H23NOS. The Morgan fingerprint density at radius 2 is 2.19 bits per heavy atom. The van der Waals surface area contributed by atoms with Gasteiger partial charge in [0, 0.05) is 30.0 Å². The van der Waals surface area contributed by atoms with E-state index in [1.807, 2.05) is 11.3 Å². The first kappa shape index (κ1) is 13.7. The van der Waals surface area contributed by atoms with Gasteiger partial charge < -0.3 is 10.4 Å². The predicted octanol–water partition coefficient (Wildman–Crippen LogP) is 2.81. The van der Waals surface area contributed by atoms with Crippen LogP contribution in [-0.2, 0) is 13.0 Å². The van der Waals surface area contributed by atoms with E-state index in [1.165, 1.54) is 10.4 Å². The van der Waals surface area contributed by atoms with Gasteiger partial charge in [0.25, 0.3) is 0 Å². The first-order valence-electron chi connectivity index (χ1n) is 6.02. The molecule has 1 unspecified atom stereocenters. The number of aliphatic hydroxyl groups excluding tert-OH is 1. The Hall–Kier alpha value is -0.380. The minimum absolute atomic E-state index is 0.0175. The molecule has 0 aliphatic carbocycles. The Bertz CT molecular complexity index is 305. The molecular weight excluding hydrogens is 218 g/mol. The maximum atomic E-state index is 9.31. The Morgan fingerprint density at radius 3 is 2.75 bits per heavy atom. The van der Waals surface area contributed by atoms with Crippen LogP contribution in [0.3, 0.4) is 0 Å². The van der Waals surface area contributed by atoms with Crippen molar-refractivity contribution in [2.75, 3.05) is 13.2 Å². The number of nitrogens with one attached hydrogen (secondary N) is 1. The molecule has 1 atom stereocenters. The third-order valence-electron chi connectivity index (χ3n) is 3.29. The average molecular weight is 241 g/mol. The molecule has 0 radical (unpaired) electrons. The van der Waals surface area contributed by atoms with E-state index < -0.39 is 0 Å². The lowest BCUT2D eigenvalue weighted by molar-refractivity contribution is 0.135. The molecule has 0 aromatic carbocycles. The Balaban J connectivity index is 2.41. The monoisotopic (exact) mass is 241 g/mol. The standard InChI is InChI=1S/C13H23NOS/c1-4-11-6-7-16-12(11)8-14-9-13(3,5-2)10-15/h6-7,14-15H,4-5,8-10H2,1-3H3. The second kappa shape index (κ2) is 6.38. The van der Waals surface area contributed by atoms with Gasteiger partial charge in [0.15, 0.2) is 0 Å². The van der Waals surface area contributed by atoms with Crippen molar-refractivity contribution in [1.29, 1.82) is 0 Å². The van der Waals surface area contributed by atoms with Crippen LogP contribution >= 0.6 is 11.3 Å². The lowest BCUT2D eigenvalue weighted by Gasteiger charge is -2.25. The Kier molecular flexibility index (Phi) is 5.46. The van der Waals surface area contributed by atoms with Gasteiger partial charge in [0.05, 0.1) is 0 Å². The van der Waals surface area contributed by atoms with E-state index >= 15 is 0 Å². The highest BCUT2D eigenvalue weighted by Gasteiger charge is 2.20. The van der Waals surface area contributed by atoms with E-state index in [0.717, 1.165) is 25.9 Å². The van der Waals surface area contributed by atoms with Gasteiger partial charge in [-0.1, -0.05) is 20.8 Å². The van der Waals surface area contributed by atoms with Crippen molar-refractivity contribution in [3.63, 3.8) is 0 Å². The van der Waals surface area contributed by atoms with Crippen molar-refractivity contribution in [2.24, 2.45) is 5.41 Å². The van der Waals surface area contributed by atoms with E-state index in [2.05, 4.69) is 37.5 Å². The predicted molar refractivity (Wildman–Crippen MR) is 70.9 cm³/mol. The fraction of sp³-hybridized carbons (Fsp3) is 0.692.